The molecular formula is C15H19BrN2O4. The van der Waals surface area contributed by atoms with Gasteiger partial charge in [0.25, 0.3) is 5.56 Å². The predicted molar refractivity (Wildman–Crippen MR) is 84.1 cm³/mol. The minimum absolute atomic E-state index is 0.0817. The van der Waals surface area contributed by atoms with Crippen LogP contribution < -0.4 is 10.3 Å². The first-order valence-electron chi connectivity index (χ1n) is 7.51. The fourth-order valence-corrected chi connectivity index (χ4v) is 3.58. The van der Waals surface area contributed by atoms with E-state index in [1.54, 1.807) is 13.2 Å². The number of cyclic esters (lactones) is 1. The zero-order valence-corrected chi connectivity index (χ0v) is 14.0. The van der Waals surface area contributed by atoms with Crippen LogP contribution in [0.25, 0.3) is 0 Å². The SMILES string of the molecule is Cn1cc(Br)c(OC2CCC(N3CCOC3=O)CC2)cc1=O. The van der Waals surface area contributed by atoms with Gasteiger partial charge in [0.15, 0.2) is 0 Å². The molecule has 2 fully saturated rings. The molecule has 7 heteroatoms. The molecular weight excluding hydrogens is 352 g/mol. The van der Waals surface area contributed by atoms with Gasteiger partial charge in [-0.25, -0.2) is 4.79 Å². The number of carbonyl (C=O) groups excluding carboxylic acids is 1. The van der Waals surface area contributed by atoms with E-state index in [4.69, 9.17) is 9.47 Å². The van der Waals surface area contributed by atoms with Crippen LogP contribution in [0.4, 0.5) is 4.79 Å². The Kier molecular flexibility index (Phi) is 4.42. The highest BCUT2D eigenvalue weighted by Crippen LogP contribution is 2.30. The van der Waals surface area contributed by atoms with Crippen LogP contribution in [0.3, 0.4) is 0 Å². The third-order valence-corrected chi connectivity index (χ3v) is 4.91. The van der Waals surface area contributed by atoms with Crippen molar-refractivity contribution in [3.05, 3.63) is 27.1 Å². The van der Waals surface area contributed by atoms with E-state index in [-0.39, 0.29) is 23.8 Å². The first-order chi connectivity index (χ1) is 10.5. The normalized spacial score (nSPS) is 25.2. The van der Waals surface area contributed by atoms with Crippen molar-refractivity contribution >= 4 is 22.0 Å². The largest absolute Gasteiger partial charge is 0.489 e. The number of amides is 1. The van der Waals surface area contributed by atoms with E-state index in [0.29, 0.717) is 18.9 Å². The minimum Gasteiger partial charge on any atom is -0.489 e. The Morgan fingerprint density at radius 3 is 2.64 bits per heavy atom. The van der Waals surface area contributed by atoms with E-state index >= 15 is 0 Å². The third-order valence-electron chi connectivity index (χ3n) is 4.31. The molecule has 1 amide bonds. The molecule has 1 aliphatic carbocycles. The quantitative estimate of drug-likeness (QED) is 0.818. The molecule has 0 unspecified atom stereocenters. The summed E-state index contributed by atoms with van der Waals surface area (Å²) in [5.74, 6) is 0.590. The van der Waals surface area contributed by atoms with Gasteiger partial charge in [-0.15, -0.1) is 0 Å². The molecule has 1 aliphatic heterocycles. The Morgan fingerprint density at radius 1 is 1.27 bits per heavy atom. The van der Waals surface area contributed by atoms with Crippen LogP contribution in [0.1, 0.15) is 25.7 Å². The smallest absolute Gasteiger partial charge is 0.410 e. The van der Waals surface area contributed by atoms with Gasteiger partial charge in [-0.2, -0.15) is 0 Å². The number of hydrogen-bond acceptors (Lipinski definition) is 4. The number of ether oxygens (including phenoxy) is 2. The maximum atomic E-state index is 11.7. The zero-order valence-electron chi connectivity index (χ0n) is 12.5. The lowest BCUT2D eigenvalue weighted by Crippen LogP contribution is -2.40. The standard InChI is InChI=1S/C15H19BrN2O4/c1-17-9-12(16)13(8-14(17)19)22-11-4-2-10(3-5-11)18-6-7-21-15(18)20/h8-11H,2-7H2,1H3. The molecule has 2 heterocycles. The van der Waals surface area contributed by atoms with Crippen molar-refractivity contribution in [3.63, 3.8) is 0 Å². The van der Waals surface area contributed by atoms with Gasteiger partial charge in [-0.1, -0.05) is 0 Å². The number of rotatable bonds is 3. The number of aryl methyl sites for hydroxylation is 1. The topological polar surface area (TPSA) is 60.8 Å². The molecule has 0 aromatic carbocycles. The maximum Gasteiger partial charge on any atom is 0.410 e. The summed E-state index contributed by atoms with van der Waals surface area (Å²) >= 11 is 3.43. The molecule has 1 aromatic heterocycles. The van der Waals surface area contributed by atoms with Gasteiger partial charge in [-0.05, 0) is 41.6 Å². The first kappa shape index (κ1) is 15.4. The van der Waals surface area contributed by atoms with Crippen molar-refractivity contribution in [2.75, 3.05) is 13.2 Å². The van der Waals surface area contributed by atoms with Gasteiger partial charge < -0.3 is 18.9 Å². The summed E-state index contributed by atoms with van der Waals surface area (Å²) in [5, 5.41) is 0. The molecule has 1 saturated heterocycles. The Bertz CT molecular complexity index is 622. The van der Waals surface area contributed by atoms with E-state index in [1.807, 2.05) is 4.90 Å². The third kappa shape index (κ3) is 3.14. The van der Waals surface area contributed by atoms with Gasteiger partial charge in [0, 0.05) is 25.4 Å². The van der Waals surface area contributed by atoms with E-state index in [0.717, 1.165) is 30.2 Å². The highest BCUT2D eigenvalue weighted by molar-refractivity contribution is 9.10. The molecule has 0 bridgehead atoms. The molecule has 1 saturated carbocycles. The Morgan fingerprint density at radius 2 is 2.00 bits per heavy atom. The second kappa shape index (κ2) is 6.32. The molecule has 0 radical (unpaired) electrons. The first-order valence-corrected chi connectivity index (χ1v) is 8.30. The molecule has 0 atom stereocenters. The van der Waals surface area contributed by atoms with Gasteiger partial charge in [0.1, 0.15) is 12.4 Å². The van der Waals surface area contributed by atoms with Gasteiger partial charge in [0.2, 0.25) is 0 Å². The summed E-state index contributed by atoms with van der Waals surface area (Å²) in [4.78, 5) is 25.1. The van der Waals surface area contributed by atoms with Crippen molar-refractivity contribution in [1.82, 2.24) is 9.47 Å². The highest BCUT2D eigenvalue weighted by atomic mass is 79.9. The number of hydrogen-bond donors (Lipinski definition) is 0. The fraction of sp³-hybridized carbons (Fsp3) is 0.600. The summed E-state index contributed by atoms with van der Waals surface area (Å²) < 4.78 is 13.2. The van der Waals surface area contributed by atoms with Crippen molar-refractivity contribution < 1.29 is 14.3 Å². The van der Waals surface area contributed by atoms with Gasteiger partial charge in [-0.3, -0.25) is 4.79 Å². The predicted octanol–water partition coefficient (Wildman–Crippen LogP) is 2.29. The molecule has 6 nitrogen and oxygen atoms in total. The van der Waals surface area contributed by atoms with Crippen LogP contribution in [0.5, 0.6) is 5.75 Å². The van der Waals surface area contributed by atoms with Crippen molar-refractivity contribution in [1.29, 1.82) is 0 Å². The van der Waals surface area contributed by atoms with Crippen LogP contribution >= 0.6 is 15.9 Å². The average Bonchev–Trinajstić information content (AvgIpc) is 2.92. The van der Waals surface area contributed by atoms with Crippen LogP contribution in [-0.2, 0) is 11.8 Å². The van der Waals surface area contributed by atoms with E-state index < -0.39 is 0 Å². The van der Waals surface area contributed by atoms with Crippen LogP contribution in [0.2, 0.25) is 0 Å². The van der Waals surface area contributed by atoms with Crippen molar-refractivity contribution in [3.8, 4) is 5.75 Å². The van der Waals surface area contributed by atoms with E-state index in [1.165, 1.54) is 10.6 Å². The van der Waals surface area contributed by atoms with E-state index in [9.17, 15) is 9.59 Å². The summed E-state index contributed by atoms with van der Waals surface area (Å²) in [6.45, 7) is 1.19. The molecule has 0 N–H and O–H groups in total. The minimum atomic E-state index is -0.196. The fourth-order valence-electron chi connectivity index (χ4n) is 3.06. The highest BCUT2D eigenvalue weighted by Gasteiger charge is 2.33. The van der Waals surface area contributed by atoms with Crippen LogP contribution in [0.15, 0.2) is 21.5 Å². The van der Waals surface area contributed by atoms with Crippen LogP contribution in [-0.4, -0.2) is 40.9 Å². The van der Waals surface area contributed by atoms with Gasteiger partial charge >= 0.3 is 6.09 Å². The molecule has 1 aromatic rings. The molecule has 22 heavy (non-hydrogen) atoms. The Balaban J connectivity index is 1.59. The summed E-state index contributed by atoms with van der Waals surface area (Å²) in [5.41, 5.74) is -0.0910. The average molecular weight is 371 g/mol. The molecule has 3 rings (SSSR count). The van der Waals surface area contributed by atoms with Crippen molar-refractivity contribution in [2.24, 2.45) is 7.05 Å². The lowest BCUT2D eigenvalue weighted by molar-refractivity contribution is 0.0992. The van der Waals surface area contributed by atoms with Gasteiger partial charge in [0.05, 0.1) is 17.1 Å². The zero-order chi connectivity index (χ0) is 15.7. The maximum absolute atomic E-state index is 11.7. The lowest BCUT2D eigenvalue weighted by Gasteiger charge is -2.33. The molecule has 2 aliphatic rings. The van der Waals surface area contributed by atoms with E-state index in [2.05, 4.69) is 15.9 Å². The Labute approximate surface area is 137 Å². The second-order valence-corrected chi connectivity index (χ2v) is 6.65. The monoisotopic (exact) mass is 370 g/mol. The number of carbonyl (C=O) groups is 1. The molecule has 0 spiro atoms. The summed E-state index contributed by atoms with van der Waals surface area (Å²) in [7, 11) is 1.71. The number of halogens is 1. The lowest BCUT2D eigenvalue weighted by atomic mass is 9.92. The summed E-state index contributed by atoms with van der Waals surface area (Å²) in [6.07, 6.45) is 5.15. The van der Waals surface area contributed by atoms with Crippen molar-refractivity contribution in [2.45, 2.75) is 37.8 Å². The second-order valence-electron chi connectivity index (χ2n) is 5.79. The number of pyridine rings is 1. The molecule has 120 valence electrons. The number of aromatic nitrogens is 1. The van der Waals surface area contributed by atoms with Crippen LogP contribution in [0, 0.1) is 0 Å². The summed E-state index contributed by atoms with van der Waals surface area (Å²) in [6, 6.07) is 1.76. The number of nitrogens with zero attached hydrogens (tertiary/aromatic N) is 2. The Hall–Kier alpha value is -1.50.